The fraction of sp³-hybridized carbons (Fsp3) is 0.350. The molecule has 1 aliphatic carbocycles. The molecule has 3 nitrogen and oxygen atoms in total. The van der Waals surface area contributed by atoms with Crippen molar-refractivity contribution in [1.29, 1.82) is 0 Å². The van der Waals surface area contributed by atoms with E-state index in [0.29, 0.717) is 6.42 Å². The van der Waals surface area contributed by atoms with Crippen molar-refractivity contribution in [2.24, 2.45) is 0 Å². The normalized spacial score (nSPS) is 19.0. The van der Waals surface area contributed by atoms with Gasteiger partial charge in [-0.25, -0.2) is 0 Å². The van der Waals surface area contributed by atoms with Crippen LogP contribution in [-0.2, 0) is 16.6 Å². The Kier molecular flexibility index (Phi) is 4.81. The first-order valence-corrected chi connectivity index (χ1v) is 8.61. The van der Waals surface area contributed by atoms with Gasteiger partial charge in [-0.2, -0.15) is 0 Å². The summed E-state index contributed by atoms with van der Waals surface area (Å²) in [7, 11) is 3.36. The highest BCUT2D eigenvalue weighted by Gasteiger charge is 2.40. The second-order valence-corrected chi connectivity index (χ2v) is 6.72. The van der Waals surface area contributed by atoms with Gasteiger partial charge in [0.25, 0.3) is 0 Å². The van der Waals surface area contributed by atoms with E-state index in [0.717, 1.165) is 30.0 Å². The molecule has 3 rings (SSSR count). The molecule has 0 saturated heterocycles. The summed E-state index contributed by atoms with van der Waals surface area (Å²) in [6.45, 7) is 0. The number of carbonyl (C=O) groups excluding carboxylic acids is 1. The Labute approximate surface area is 148 Å². The third kappa shape index (κ3) is 3.01. The number of hydrogen-bond donors (Lipinski definition) is 1. The van der Waals surface area contributed by atoms with Gasteiger partial charge in [0.15, 0.2) is 0 Å². The zero-order valence-corrected chi connectivity index (χ0v) is 14.8. The van der Waals surface area contributed by atoms with Crippen molar-refractivity contribution < 1.29 is 9.53 Å². The second-order valence-electron chi connectivity index (χ2n) is 6.29. The smallest absolute Gasteiger partial charge is 0.219 e. The maximum absolute atomic E-state index is 11.9. The lowest BCUT2D eigenvalue weighted by atomic mass is 9.72. The van der Waals surface area contributed by atoms with Crippen LogP contribution in [0.2, 0.25) is 5.02 Å². The van der Waals surface area contributed by atoms with Crippen molar-refractivity contribution in [2.45, 2.75) is 31.1 Å². The zero-order chi connectivity index (χ0) is 17.2. The first-order chi connectivity index (χ1) is 11.6. The van der Waals surface area contributed by atoms with Gasteiger partial charge < -0.3 is 10.1 Å². The van der Waals surface area contributed by atoms with Crippen LogP contribution in [-0.4, -0.2) is 20.1 Å². The summed E-state index contributed by atoms with van der Waals surface area (Å²) in [4.78, 5) is 11.9. The minimum Gasteiger partial charge on any atom is -0.497 e. The fourth-order valence-corrected chi connectivity index (χ4v) is 3.98. The number of fused-ring (bicyclic) bond motifs is 1. The number of benzene rings is 2. The first-order valence-electron chi connectivity index (χ1n) is 8.23. The SMILES string of the molecule is CNC(=O)CCC1(c2ccc(OC)cc2)CCc2cc(Cl)ccc21. The number of methoxy groups -OCH3 is 1. The largest absolute Gasteiger partial charge is 0.497 e. The minimum atomic E-state index is -0.140. The highest BCUT2D eigenvalue weighted by atomic mass is 35.5. The van der Waals surface area contributed by atoms with E-state index in [1.807, 2.05) is 18.2 Å². The summed E-state index contributed by atoms with van der Waals surface area (Å²) in [5.74, 6) is 0.917. The molecule has 0 radical (unpaired) electrons. The predicted molar refractivity (Wildman–Crippen MR) is 96.8 cm³/mol. The van der Waals surface area contributed by atoms with Crippen molar-refractivity contribution in [1.82, 2.24) is 5.32 Å². The number of hydrogen-bond acceptors (Lipinski definition) is 2. The summed E-state index contributed by atoms with van der Waals surface area (Å²) < 4.78 is 5.28. The van der Waals surface area contributed by atoms with Crippen LogP contribution in [0.25, 0.3) is 0 Å². The summed E-state index contributed by atoms with van der Waals surface area (Å²) >= 11 is 6.17. The van der Waals surface area contributed by atoms with E-state index in [4.69, 9.17) is 16.3 Å². The van der Waals surface area contributed by atoms with E-state index in [-0.39, 0.29) is 11.3 Å². The number of amides is 1. The van der Waals surface area contributed by atoms with Gasteiger partial charge in [0, 0.05) is 23.9 Å². The zero-order valence-electron chi connectivity index (χ0n) is 14.1. The number of rotatable bonds is 5. The minimum absolute atomic E-state index is 0.0744. The standard InChI is InChI=1S/C20H22ClNO2/c1-22-19(23)10-12-20(15-3-6-17(24-2)7-4-15)11-9-14-13-16(21)5-8-18(14)20/h3-8,13H,9-12H2,1-2H3,(H,22,23). The van der Waals surface area contributed by atoms with Crippen LogP contribution in [0.1, 0.15) is 36.0 Å². The van der Waals surface area contributed by atoms with E-state index < -0.39 is 0 Å². The quantitative estimate of drug-likeness (QED) is 0.887. The van der Waals surface area contributed by atoms with Crippen LogP contribution in [0.15, 0.2) is 42.5 Å². The van der Waals surface area contributed by atoms with Crippen LogP contribution in [0.3, 0.4) is 0 Å². The molecule has 0 bridgehead atoms. The number of ether oxygens (including phenoxy) is 1. The maximum atomic E-state index is 11.9. The lowest BCUT2D eigenvalue weighted by molar-refractivity contribution is -0.120. The molecule has 1 unspecified atom stereocenters. The molecule has 1 amide bonds. The van der Waals surface area contributed by atoms with Gasteiger partial charge in [-0.05, 0) is 60.2 Å². The van der Waals surface area contributed by atoms with E-state index in [1.165, 1.54) is 16.7 Å². The molecular formula is C20H22ClNO2. The average Bonchev–Trinajstić information content (AvgIpc) is 2.98. The molecular weight excluding hydrogens is 322 g/mol. The molecule has 0 fully saturated rings. The van der Waals surface area contributed by atoms with Gasteiger partial charge >= 0.3 is 0 Å². The van der Waals surface area contributed by atoms with Crippen molar-refractivity contribution >= 4 is 17.5 Å². The molecule has 2 aromatic carbocycles. The van der Waals surface area contributed by atoms with Crippen LogP contribution in [0.5, 0.6) is 5.75 Å². The highest BCUT2D eigenvalue weighted by molar-refractivity contribution is 6.30. The Morgan fingerprint density at radius 1 is 1.25 bits per heavy atom. The van der Waals surface area contributed by atoms with Crippen molar-refractivity contribution in [3.05, 3.63) is 64.2 Å². The maximum Gasteiger partial charge on any atom is 0.219 e. The molecule has 0 aromatic heterocycles. The van der Waals surface area contributed by atoms with Gasteiger partial charge in [0.2, 0.25) is 5.91 Å². The lowest BCUT2D eigenvalue weighted by Gasteiger charge is -2.31. The molecule has 4 heteroatoms. The summed E-state index contributed by atoms with van der Waals surface area (Å²) in [5, 5.41) is 3.50. The van der Waals surface area contributed by atoms with E-state index >= 15 is 0 Å². The van der Waals surface area contributed by atoms with Crippen LogP contribution in [0, 0.1) is 0 Å². The van der Waals surface area contributed by atoms with E-state index in [9.17, 15) is 4.79 Å². The van der Waals surface area contributed by atoms with Crippen molar-refractivity contribution in [2.75, 3.05) is 14.2 Å². The van der Waals surface area contributed by atoms with Crippen LogP contribution in [0.4, 0.5) is 0 Å². The first kappa shape index (κ1) is 16.8. The molecule has 1 N–H and O–H groups in total. The second kappa shape index (κ2) is 6.86. The highest BCUT2D eigenvalue weighted by Crippen LogP contribution is 2.48. The lowest BCUT2D eigenvalue weighted by Crippen LogP contribution is -2.28. The Balaban J connectivity index is 2.04. The topological polar surface area (TPSA) is 38.3 Å². The van der Waals surface area contributed by atoms with E-state index in [2.05, 4.69) is 29.6 Å². The molecule has 1 atom stereocenters. The van der Waals surface area contributed by atoms with Gasteiger partial charge in [-0.3, -0.25) is 4.79 Å². The monoisotopic (exact) mass is 343 g/mol. The van der Waals surface area contributed by atoms with Gasteiger partial charge in [0.1, 0.15) is 5.75 Å². The molecule has 2 aromatic rings. The molecule has 126 valence electrons. The summed E-state index contributed by atoms with van der Waals surface area (Å²) in [6, 6.07) is 14.3. The average molecular weight is 344 g/mol. The van der Waals surface area contributed by atoms with Crippen LogP contribution < -0.4 is 10.1 Å². The van der Waals surface area contributed by atoms with Crippen LogP contribution >= 0.6 is 11.6 Å². The fourth-order valence-electron chi connectivity index (χ4n) is 3.78. The predicted octanol–water partition coefficient (Wildman–Crippen LogP) is 4.11. The number of halogens is 1. The Hall–Kier alpha value is -2.00. The Morgan fingerprint density at radius 3 is 2.67 bits per heavy atom. The molecule has 1 aliphatic rings. The van der Waals surface area contributed by atoms with Crippen molar-refractivity contribution in [3.8, 4) is 5.75 Å². The van der Waals surface area contributed by atoms with Gasteiger partial charge in [0.05, 0.1) is 7.11 Å². The van der Waals surface area contributed by atoms with Gasteiger partial charge in [-0.1, -0.05) is 29.8 Å². The Morgan fingerprint density at radius 2 is 2.00 bits per heavy atom. The number of aryl methyl sites for hydroxylation is 1. The molecule has 0 spiro atoms. The molecule has 0 aliphatic heterocycles. The Bertz CT molecular complexity index is 742. The molecule has 24 heavy (non-hydrogen) atoms. The van der Waals surface area contributed by atoms with Crippen molar-refractivity contribution in [3.63, 3.8) is 0 Å². The summed E-state index contributed by atoms with van der Waals surface area (Å²) in [6.07, 6.45) is 3.26. The molecule has 0 saturated carbocycles. The third-order valence-electron chi connectivity index (χ3n) is 5.10. The summed E-state index contributed by atoms with van der Waals surface area (Å²) in [5.41, 5.74) is 3.67. The number of carbonyl (C=O) groups is 1. The van der Waals surface area contributed by atoms with E-state index in [1.54, 1.807) is 14.2 Å². The molecule has 0 heterocycles. The number of nitrogens with one attached hydrogen (secondary N) is 1. The van der Waals surface area contributed by atoms with Gasteiger partial charge in [-0.15, -0.1) is 0 Å². The third-order valence-corrected chi connectivity index (χ3v) is 5.34.